The molecule has 2 rings (SSSR count). The van der Waals surface area contributed by atoms with Crippen molar-refractivity contribution in [3.05, 3.63) is 23.9 Å². The molecule has 1 atom stereocenters. The first-order valence-electron chi connectivity index (χ1n) is 5.31. The second-order valence-electron chi connectivity index (χ2n) is 3.72. The average molecular weight is 222 g/mol. The summed E-state index contributed by atoms with van der Waals surface area (Å²) < 4.78 is 5.44. The molecule has 0 radical (unpaired) electrons. The smallest absolute Gasteiger partial charge is 0.339 e. The number of carbonyl (C=O) groups is 1. The summed E-state index contributed by atoms with van der Waals surface area (Å²) in [6.45, 7) is 1.40. The van der Waals surface area contributed by atoms with Crippen molar-refractivity contribution in [2.75, 3.05) is 18.5 Å². The summed E-state index contributed by atoms with van der Waals surface area (Å²) in [5, 5.41) is 12.0. The normalized spacial score (nSPS) is 19.6. The third-order valence-corrected chi connectivity index (χ3v) is 2.56. The second-order valence-corrected chi connectivity index (χ2v) is 3.72. The molecule has 86 valence electrons. The SMILES string of the molecule is O=C(O)c1cccnc1NC[C@H]1CCCO1. The molecule has 1 aromatic heterocycles. The molecule has 5 nitrogen and oxygen atoms in total. The Labute approximate surface area is 93.5 Å². The molecule has 16 heavy (non-hydrogen) atoms. The minimum Gasteiger partial charge on any atom is -0.478 e. The lowest BCUT2D eigenvalue weighted by atomic mass is 10.2. The number of aromatic nitrogens is 1. The summed E-state index contributed by atoms with van der Waals surface area (Å²) in [5.41, 5.74) is 0.195. The fourth-order valence-corrected chi connectivity index (χ4v) is 1.73. The quantitative estimate of drug-likeness (QED) is 0.805. The molecular formula is C11H14N2O3. The van der Waals surface area contributed by atoms with Crippen LogP contribution in [0.25, 0.3) is 0 Å². The molecule has 1 aliphatic rings. The standard InChI is InChI=1S/C11H14N2O3/c14-11(15)9-4-1-5-12-10(9)13-7-8-3-2-6-16-8/h1,4-5,8H,2-3,6-7H2,(H,12,13)(H,14,15)/t8-/m1/s1. The van der Waals surface area contributed by atoms with E-state index in [1.54, 1.807) is 12.3 Å². The minimum atomic E-state index is -0.969. The Morgan fingerprint density at radius 1 is 1.69 bits per heavy atom. The van der Waals surface area contributed by atoms with Crippen LogP contribution < -0.4 is 5.32 Å². The van der Waals surface area contributed by atoms with E-state index < -0.39 is 5.97 Å². The largest absolute Gasteiger partial charge is 0.478 e. The van der Waals surface area contributed by atoms with E-state index in [2.05, 4.69) is 10.3 Å². The molecule has 0 saturated carbocycles. The third kappa shape index (κ3) is 2.49. The van der Waals surface area contributed by atoms with Crippen molar-refractivity contribution in [1.29, 1.82) is 0 Å². The fraction of sp³-hybridized carbons (Fsp3) is 0.455. The Kier molecular flexibility index (Phi) is 3.36. The van der Waals surface area contributed by atoms with Crippen LogP contribution in [-0.4, -0.2) is 35.3 Å². The lowest BCUT2D eigenvalue weighted by Crippen LogP contribution is -2.20. The van der Waals surface area contributed by atoms with Gasteiger partial charge in [-0.25, -0.2) is 9.78 Å². The highest BCUT2D eigenvalue weighted by atomic mass is 16.5. The third-order valence-electron chi connectivity index (χ3n) is 2.56. The number of pyridine rings is 1. The lowest BCUT2D eigenvalue weighted by Gasteiger charge is -2.12. The van der Waals surface area contributed by atoms with Crippen LogP contribution in [0.3, 0.4) is 0 Å². The van der Waals surface area contributed by atoms with Crippen molar-refractivity contribution >= 4 is 11.8 Å². The van der Waals surface area contributed by atoms with E-state index in [0.717, 1.165) is 19.4 Å². The number of carboxylic acid groups (broad SMARTS) is 1. The molecule has 0 spiro atoms. The molecular weight excluding hydrogens is 208 g/mol. The van der Waals surface area contributed by atoms with Crippen molar-refractivity contribution in [3.63, 3.8) is 0 Å². The van der Waals surface area contributed by atoms with E-state index in [1.165, 1.54) is 6.07 Å². The van der Waals surface area contributed by atoms with Gasteiger partial charge in [0.25, 0.3) is 0 Å². The molecule has 2 N–H and O–H groups in total. The van der Waals surface area contributed by atoms with Crippen LogP contribution in [0.2, 0.25) is 0 Å². The van der Waals surface area contributed by atoms with Crippen molar-refractivity contribution in [1.82, 2.24) is 4.98 Å². The highest BCUT2D eigenvalue weighted by Gasteiger charge is 2.17. The minimum absolute atomic E-state index is 0.170. The Hall–Kier alpha value is -1.62. The van der Waals surface area contributed by atoms with Gasteiger partial charge in [0.15, 0.2) is 0 Å². The number of carboxylic acids is 1. The molecule has 0 amide bonds. The molecule has 1 aromatic rings. The Morgan fingerprint density at radius 3 is 3.25 bits per heavy atom. The Bertz CT molecular complexity index is 375. The summed E-state index contributed by atoms with van der Waals surface area (Å²) in [4.78, 5) is 14.9. The highest BCUT2D eigenvalue weighted by molar-refractivity contribution is 5.92. The fourth-order valence-electron chi connectivity index (χ4n) is 1.73. The van der Waals surface area contributed by atoms with E-state index in [1.807, 2.05) is 0 Å². The summed E-state index contributed by atoms with van der Waals surface area (Å²) in [6.07, 6.45) is 3.83. The molecule has 1 fully saturated rings. The van der Waals surface area contributed by atoms with Gasteiger partial charge in [0, 0.05) is 19.3 Å². The van der Waals surface area contributed by atoms with Crippen LogP contribution in [-0.2, 0) is 4.74 Å². The van der Waals surface area contributed by atoms with Crippen molar-refractivity contribution in [2.24, 2.45) is 0 Å². The van der Waals surface area contributed by atoms with Crippen LogP contribution >= 0.6 is 0 Å². The zero-order valence-corrected chi connectivity index (χ0v) is 8.85. The van der Waals surface area contributed by atoms with Crippen LogP contribution in [0.4, 0.5) is 5.82 Å². The maximum Gasteiger partial charge on any atom is 0.339 e. The number of hydrogen-bond donors (Lipinski definition) is 2. The monoisotopic (exact) mass is 222 g/mol. The van der Waals surface area contributed by atoms with Gasteiger partial charge < -0.3 is 15.2 Å². The van der Waals surface area contributed by atoms with Crippen LogP contribution in [0, 0.1) is 0 Å². The summed E-state index contributed by atoms with van der Waals surface area (Å²) in [7, 11) is 0. The first-order valence-corrected chi connectivity index (χ1v) is 5.31. The molecule has 0 unspecified atom stereocenters. The van der Waals surface area contributed by atoms with Gasteiger partial charge >= 0.3 is 5.97 Å². The molecule has 1 aliphatic heterocycles. The zero-order chi connectivity index (χ0) is 11.4. The highest BCUT2D eigenvalue weighted by Crippen LogP contribution is 2.15. The number of rotatable bonds is 4. The molecule has 2 heterocycles. The number of hydrogen-bond acceptors (Lipinski definition) is 4. The van der Waals surface area contributed by atoms with Gasteiger partial charge in [-0.2, -0.15) is 0 Å². The second kappa shape index (κ2) is 4.94. The van der Waals surface area contributed by atoms with Crippen molar-refractivity contribution in [2.45, 2.75) is 18.9 Å². The average Bonchev–Trinajstić information content (AvgIpc) is 2.79. The van der Waals surface area contributed by atoms with Crippen LogP contribution in [0.15, 0.2) is 18.3 Å². The number of aromatic carboxylic acids is 1. The van der Waals surface area contributed by atoms with Gasteiger partial charge in [-0.3, -0.25) is 0 Å². The van der Waals surface area contributed by atoms with Crippen LogP contribution in [0.5, 0.6) is 0 Å². The molecule has 0 bridgehead atoms. The first-order chi connectivity index (χ1) is 7.77. The van der Waals surface area contributed by atoms with Gasteiger partial charge in [-0.05, 0) is 25.0 Å². The number of nitrogens with zero attached hydrogens (tertiary/aromatic N) is 1. The van der Waals surface area contributed by atoms with E-state index >= 15 is 0 Å². The molecule has 5 heteroatoms. The van der Waals surface area contributed by atoms with E-state index in [4.69, 9.17) is 9.84 Å². The van der Waals surface area contributed by atoms with E-state index in [9.17, 15) is 4.79 Å². The maximum absolute atomic E-state index is 10.9. The first kappa shape index (κ1) is 10.9. The predicted octanol–water partition coefficient (Wildman–Crippen LogP) is 1.37. The number of nitrogens with one attached hydrogen (secondary N) is 1. The number of anilines is 1. The predicted molar refractivity (Wildman–Crippen MR) is 58.7 cm³/mol. The summed E-state index contributed by atoms with van der Waals surface area (Å²) in [5.74, 6) is -0.562. The van der Waals surface area contributed by atoms with E-state index in [-0.39, 0.29) is 11.7 Å². The van der Waals surface area contributed by atoms with Crippen molar-refractivity contribution in [3.8, 4) is 0 Å². The zero-order valence-electron chi connectivity index (χ0n) is 8.85. The Morgan fingerprint density at radius 2 is 2.56 bits per heavy atom. The topological polar surface area (TPSA) is 71.5 Å². The van der Waals surface area contributed by atoms with Crippen LogP contribution in [0.1, 0.15) is 23.2 Å². The van der Waals surface area contributed by atoms with Gasteiger partial charge in [-0.1, -0.05) is 0 Å². The maximum atomic E-state index is 10.9. The Balaban J connectivity index is 2.00. The number of ether oxygens (including phenoxy) is 1. The van der Waals surface area contributed by atoms with Gasteiger partial charge in [-0.15, -0.1) is 0 Å². The molecule has 1 saturated heterocycles. The molecule has 0 aromatic carbocycles. The van der Waals surface area contributed by atoms with Crippen molar-refractivity contribution < 1.29 is 14.6 Å². The summed E-state index contributed by atoms with van der Waals surface area (Å²) in [6, 6.07) is 3.15. The molecule has 0 aliphatic carbocycles. The van der Waals surface area contributed by atoms with Gasteiger partial charge in [0.2, 0.25) is 0 Å². The van der Waals surface area contributed by atoms with Gasteiger partial charge in [0.1, 0.15) is 11.4 Å². The van der Waals surface area contributed by atoms with E-state index in [0.29, 0.717) is 12.4 Å². The lowest BCUT2D eigenvalue weighted by molar-refractivity contribution is 0.0697. The van der Waals surface area contributed by atoms with Gasteiger partial charge in [0.05, 0.1) is 6.10 Å². The summed E-state index contributed by atoms with van der Waals surface area (Å²) >= 11 is 0.